The number of carboxylic acid groups (broad SMARTS) is 1. The highest BCUT2D eigenvalue weighted by Crippen LogP contribution is 2.36. The Hall–Kier alpha value is -3.20. The van der Waals surface area contributed by atoms with Crippen molar-refractivity contribution in [3.05, 3.63) is 69.3 Å². The normalized spacial score (nSPS) is 17.4. The summed E-state index contributed by atoms with van der Waals surface area (Å²) >= 11 is 7.79. The molecule has 0 amide bonds. The van der Waals surface area contributed by atoms with Gasteiger partial charge in [-0.15, -0.1) is 11.3 Å². The molecule has 0 bridgehead atoms. The summed E-state index contributed by atoms with van der Waals surface area (Å²) in [6, 6.07) is 12.1. The summed E-state index contributed by atoms with van der Waals surface area (Å²) in [7, 11) is 0. The van der Waals surface area contributed by atoms with Crippen molar-refractivity contribution < 1.29 is 23.8 Å². The van der Waals surface area contributed by atoms with Crippen molar-refractivity contribution in [1.29, 1.82) is 0 Å². The molecule has 0 radical (unpaired) electrons. The molecule has 1 saturated carbocycles. The Morgan fingerprint density at radius 2 is 2.06 bits per heavy atom. The number of halogens is 1. The summed E-state index contributed by atoms with van der Waals surface area (Å²) in [5.41, 5.74) is 1.60. The van der Waals surface area contributed by atoms with Gasteiger partial charge in [-0.25, -0.2) is 4.98 Å². The number of thiazole rings is 1. The van der Waals surface area contributed by atoms with E-state index in [0.717, 1.165) is 10.6 Å². The van der Waals surface area contributed by atoms with Crippen LogP contribution in [0.2, 0.25) is 5.02 Å². The molecule has 4 aromatic rings. The van der Waals surface area contributed by atoms with Crippen LogP contribution in [0.15, 0.2) is 63.3 Å². The SMILES string of the molecule is O=C(O)C1CC(OCCOc2cc(-c3nccs3)ccc2-c2cc(=O)c3cccc(Cl)c3o2)C1. The molecule has 5 rings (SSSR count). The Labute approximate surface area is 203 Å². The smallest absolute Gasteiger partial charge is 0.306 e. The maximum atomic E-state index is 12.7. The average Bonchev–Trinajstić information content (AvgIpc) is 3.33. The van der Waals surface area contributed by atoms with Gasteiger partial charge >= 0.3 is 5.97 Å². The van der Waals surface area contributed by atoms with Crippen LogP contribution in [-0.4, -0.2) is 35.4 Å². The third-order valence-corrected chi connectivity index (χ3v) is 6.89. The molecule has 0 aliphatic heterocycles. The van der Waals surface area contributed by atoms with Crippen molar-refractivity contribution in [2.75, 3.05) is 13.2 Å². The molecule has 1 aliphatic carbocycles. The van der Waals surface area contributed by atoms with Crippen LogP contribution in [0.4, 0.5) is 0 Å². The number of aliphatic carboxylic acids is 1. The van der Waals surface area contributed by atoms with Gasteiger partial charge in [0.15, 0.2) is 11.0 Å². The molecular formula is C25H20ClNO6S. The molecule has 2 heterocycles. The minimum atomic E-state index is -0.781. The lowest BCUT2D eigenvalue weighted by Crippen LogP contribution is -2.37. The topological polar surface area (TPSA) is 98.9 Å². The van der Waals surface area contributed by atoms with Crippen LogP contribution in [0, 0.1) is 5.92 Å². The van der Waals surface area contributed by atoms with Gasteiger partial charge in [0.1, 0.15) is 23.1 Å². The Balaban J connectivity index is 1.41. The van der Waals surface area contributed by atoms with E-state index in [2.05, 4.69) is 4.98 Å². The molecule has 174 valence electrons. The van der Waals surface area contributed by atoms with Gasteiger partial charge in [-0.05, 0) is 37.1 Å². The maximum Gasteiger partial charge on any atom is 0.306 e. The van der Waals surface area contributed by atoms with Gasteiger partial charge in [0.25, 0.3) is 0 Å². The van der Waals surface area contributed by atoms with Gasteiger partial charge < -0.3 is 19.0 Å². The van der Waals surface area contributed by atoms with E-state index in [9.17, 15) is 9.59 Å². The van der Waals surface area contributed by atoms with E-state index in [1.54, 1.807) is 24.4 Å². The first-order chi connectivity index (χ1) is 16.5. The van der Waals surface area contributed by atoms with Crippen LogP contribution in [0.25, 0.3) is 32.9 Å². The monoisotopic (exact) mass is 497 g/mol. The van der Waals surface area contributed by atoms with Gasteiger partial charge in [0.05, 0.1) is 34.6 Å². The van der Waals surface area contributed by atoms with Crippen LogP contribution in [0.5, 0.6) is 5.75 Å². The molecule has 0 atom stereocenters. The lowest BCUT2D eigenvalue weighted by atomic mass is 9.82. The van der Waals surface area contributed by atoms with E-state index in [0.29, 0.717) is 52.5 Å². The maximum absolute atomic E-state index is 12.7. The van der Waals surface area contributed by atoms with Crippen molar-refractivity contribution >= 4 is 39.9 Å². The highest BCUT2D eigenvalue weighted by molar-refractivity contribution is 7.13. The number of benzene rings is 2. The van der Waals surface area contributed by atoms with Crippen molar-refractivity contribution in [2.45, 2.75) is 18.9 Å². The standard InChI is InChI=1S/C25H20ClNO6S/c26-19-3-1-2-17-20(28)13-22(33-23(17)19)18-5-4-14(24-27-6-9-34-24)12-21(18)32-8-7-31-16-10-15(11-16)25(29)30/h1-6,9,12-13,15-16H,7-8,10-11H2,(H,29,30). The minimum absolute atomic E-state index is 0.0634. The largest absolute Gasteiger partial charge is 0.490 e. The quantitative estimate of drug-likeness (QED) is 0.321. The van der Waals surface area contributed by atoms with Crippen molar-refractivity contribution in [3.63, 3.8) is 0 Å². The molecule has 7 nitrogen and oxygen atoms in total. The third kappa shape index (κ3) is 4.57. The molecule has 1 N–H and O–H groups in total. The number of hydrogen-bond donors (Lipinski definition) is 1. The predicted octanol–water partition coefficient (Wildman–Crippen LogP) is 5.50. The number of carboxylic acids is 1. The number of rotatable bonds is 8. The number of aromatic nitrogens is 1. The predicted molar refractivity (Wildman–Crippen MR) is 130 cm³/mol. The molecule has 0 unspecified atom stereocenters. The van der Waals surface area contributed by atoms with Crippen LogP contribution < -0.4 is 10.2 Å². The van der Waals surface area contributed by atoms with Gasteiger partial charge in [-0.2, -0.15) is 0 Å². The lowest BCUT2D eigenvalue weighted by molar-refractivity contribution is -0.151. The molecule has 2 aromatic heterocycles. The molecule has 1 aliphatic rings. The Morgan fingerprint density at radius 3 is 2.82 bits per heavy atom. The fraction of sp³-hybridized carbons (Fsp3) is 0.240. The molecular weight excluding hydrogens is 478 g/mol. The van der Waals surface area contributed by atoms with Crippen molar-refractivity contribution in [1.82, 2.24) is 4.98 Å². The van der Waals surface area contributed by atoms with Crippen LogP contribution in [-0.2, 0) is 9.53 Å². The zero-order chi connectivity index (χ0) is 23.7. The highest BCUT2D eigenvalue weighted by atomic mass is 35.5. The Bertz CT molecular complexity index is 1390. The molecule has 0 spiro atoms. The second-order valence-electron chi connectivity index (χ2n) is 7.99. The summed E-state index contributed by atoms with van der Waals surface area (Å²) in [4.78, 5) is 28.0. The van der Waals surface area contributed by atoms with E-state index >= 15 is 0 Å². The summed E-state index contributed by atoms with van der Waals surface area (Å²) in [6.45, 7) is 0.562. The first-order valence-electron chi connectivity index (χ1n) is 10.7. The second kappa shape index (κ2) is 9.58. The van der Waals surface area contributed by atoms with Crippen LogP contribution in [0.1, 0.15) is 12.8 Å². The number of ether oxygens (including phenoxy) is 2. The van der Waals surface area contributed by atoms with Crippen LogP contribution >= 0.6 is 22.9 Å². The molecule has 34 heavy (non-hydrogen) atoms. The summed E-state index contributed by atoms with van der Waals surface area (Å²) < 4.78 is 17.8. The summed E-state index contributed by atoms with van der Waals surface area (Å²) in [5, 5.41) is 12.5. The first-order valence-corrected chi connectivity index (χ1v) is 12.0. The minimum Gasteiger partial charge on any atom is -0.490 e. The lowest BCUT2D eigenvalue weighted by Gasteiger charge is -2.32. The first kappa shape index (κ1) is 22.6. The highest BCUT2D eigenvalue weighted by Gasteiger charge is 2.35. The zero-order valence-electron chi connectivity index (χ0n) is 17.9. The van der Waals surface area contributed by atoms with Crippen LogP contribution in [0.3, 0.4) is 0 Å². The van der Waals surface area contributed by atoms with Crippen molar-refractivity contribution in [3.8, 4) is 27.6 Å². The Morgan fingerprint density at radius 1 is 1.21 bits per heavy atom. The van der Waals surface area contributed by atoms with E-state index in [1.807, 2.05) is 23.6 Å². The van der Waals surface area contributed by atoms with E-state index in [4.69, 9.17) is 30.6 Å². The van der Waals surface area contributed by atoms with Gasteiger partial charge in [0.2, 0.25) is 0 Å². The number of fused-ring (bicyclic) bond motifs is 1. The van der Waals surface area contributed by atoms with E-state index in [1.165, 1.54) is 17.4 Å². The molecule has 1 fully saturated rings. The van der Waals surface area contributed by atoms with Crippen molar-refractivity contribution in [2.24, 2.45) is 5.92 Å². The number of carbonyl (C=O) groups is 1. The zero-order valence-corrected chi connectivity index (χ0v) is 19.5. The fourth-order valence-corrected chi connectivity index (χ4v) is 4.74. The number of hydrogen-bond acceptors (Lipinski definition) is 7. The number of nitrogens with zero attached hydrogens (tertiary/aromatic N) is 1. The second-order valence-corrected chi connectivity index (χ2v) is 9.29. The van der Waals surface area contributed by atoms with Gasteiger partial charge in [0, 0.05) is 23.2 Å². The third-order valence-electron chi connectivity index (χ3n) is 5.77. The molecule has 0 saturated heterocycles. The molecule has 9 heteroatoms. The fourth-order valence-electron chi connectivity index (χ4n) is 3.89. The van der Waals surface area contributed by atoms with Gasteiger partial charge in [-0.3, -0.25) is 9.59 Å². The molecule has 2 aromatic carbocycles. The van der Waals surface area contributed by atoms with E-state index in [-0.39, 0.29) is 24.1 Å². The number of para-hydroxylation sites is 1. The summed E-state index contributed by atoms with van der Waals surface area (Å²) in [6.07, 6.45) is 2.70. The Kier molecular flexibility index (Phi) is 6.36. The summed E-state index contributed by atoms with van der Waals surface area (Å²) in [5.74, 6) is -0.245. The van der Waals surface area contributed by atoms with E-state index < -0.39 is 5.97 Å². The van der Waals surface area contributed by atoms with Gasteiger partial charge in [-0.1, -0.05) is 23.7 Å². The average molecular weight is 498 g/mol.